The van der Waals surface area contributed by atoms with Crippen molar-refractivity contribution in [1.29, 1.82) is 0 Å². The highest BCUT2D eigenvalue weighted by Crippen LogP contribution is 2.32. The van der Waals surface area contributed by atoms with Gasteiger partial charge in [-0.2, -0.15) is 0 Å². The van der Waals surface area contributed by atoms with Gasteiger partial charge in [0.25, 0.3) is 0 Å². The highest BCUT2D eigenvalue weighted by molar-refractivity contribution is 7.92. The van der Waals surface area contributed by atoms with E-state index in [2.05, 4.69) is 14.6 Å². The summed E-state index contributed by atoms with van der Waals surface area (Å²) in [4.78, 5) is 7.86. The average Bonchev–Trinajstić information content (AvgIpc) is 2.89. The maximum atomic E-state index is 11.5. The Kier molecular flexibility index (Phi) is 4.96. The molecule has 1 N–H and O–H groups in total. The number of thiazole rings is 1. The fourth-order valence-corrected chi connectivity index (χ4v) is 4.31. The van der Waals surface area contributed by atoms with Gasteiger partial charge in [0.05, 0.1) is 25.2 Å². The number of ether oxygens (including phenoxy) is 1. The molecule has 6 nitrogen and oxygen atoms in total. The van der Waals surface area contributed by atoms with Crippen molar-refractivity contribution >= 4 is 26.5 Å². The molecule has 1 aliphatic rings. The second kappa shape index (κ2) is 6.96. The quantitative estimate of drug-likeness (QED) is 0.890. The first-order valence-corrected chi connectivity index (χ1v) is 10.0. The van der Waals surface area contributed by atoms with E-state index < -0.39 is 10.0 Å². The van der Waals surface area contributed by atoms with Crippen LogP contribution < -0.4 is 4.72 Å². The molecule has 1 aliphatic heterocycles. The van der Waals surface area contributed by atoms with Crippen LogP contribution >= 0.6 is 11.3 Å². The summed E-state index contributed by atoms with van der Waals surface area (Å²) in [5, 5.41) is 0.412. The van der Waals surface area contributed by atoms with Crippen molar-refractivity contribution in [2.45, 2.75) is 6.54 Å². The van der Waals surface area contributed by atoms with E-state index >= 15 is 0 Å². The van der Waals surface area contributed by atoms with Gasteiger partial charge < -0.3 is 4.74 Å². The summed E-state index contributed by atoms with van der Waals surface area (Å²) in [5.41, 5.74) is 1.84. The van der Waals surface area contributed by atoms with Gasteiger partial charge in [0.2, 0.25) is 10.0 Å². The Morgan fingerprint density at radius 1 is 1.26 bits per heavy atom. The van der Waals surface area contributed by atoms with Gasteiger partial charge in [-0.3, -0.25) is 9.62 Å². The van der Waals surface area contributed by atoms with Crippen molar-refractivity contribution in [2.24, 2.45) is 0 Å². The molecule has 3 rings (SSSR count). The van der Waals surface area contributed by atoms with E-state index in [0.717, 1.165) is 55.2 Å². The minimum Gasteiger partial charge on any atom is -0.379 e. The highest BCUT2D eigenvalue weighted by Gasteiger charge is 2.19. The third-order valence-corrected chi connectivity index (χ3v) is 5.14. The van der Waals surface area contributed by atoms with Crippen molar-refractivity contribution in [1.82, 2.24) is 9.88 Å². The summed E-state index contributed by atoms with van der Waals surface area (Å²) in [6.45, 7) is 3.96. The van der Waals surface area contributed by atoms with E-state index in [1.165, 1.54) is 11.3 Å². The zero-order valence-corrected chi connectivity index (χ0v) is 14.5. The lowest BCUT2D eigenvalue weighted by atomic mass is 10.1. The second-order valence-electron chi connectivity index (χ2n) is 5.42. The summed E-state index contributed by atoms with van der Waals surface area (Å²) < 4.78 is 30.8. The van der Waals surface area contributed by atoms with Crippen molar-refractivity contribution in [2.75, 3.05) is 37.3 Å². The molecule has 23 heavy (non-hydrogen) atoms. The molecule has 0 bridgehead atoms. The number of nitrogens with zero attached hydrogens (tertiary/aromatic N) is 2. The van der Waals surface area contributed by atoms with Gasteiger partial charge in [0.1, 0.15) is 0 Å². The van der Waals surface area contributed by atoms with Crippen LogP contribution in [-0.4, -0.2) is 50.9 Å². The van der Waals surface area contributed by atoms with Crippen molar-refractivity contribution < 1.29 is 13.2 Å². The average molecular weight is 353 g/mol. The summed E-state index contributed by atoms with van der Waals surface area (Å²) in [6, 6.07) is 9.84. The van der Waals surface area contributed by atoms with Gasteiger partial charge in [0.15, 0.2) is 5.13 Å². The Bertz CT molecular complexity index is 754. The number of aromatic nitrogens is 1. The largest absolute Gasteiger partial charge is 0.379 e. The molecule has 124 valence electrons. The maximum Gasteiger partial charge on any atom is 0.231 e. The van der Waals surface area contributed by atoms with Crippen LogP contribution in [0.15, 0.2) is 30.3 Å². The number of nitrogens with one attached hydrogen (secondary N) is 1. The molecule has 2 aromatic rings. The lowest BCUT2D eigenvalue weighted by molar-refractivity contribution is 0.0347. The predicted molar refractivity (Wildman–Crippen MR) is 92.1 cm³/mol. The molecule has 1 aromatic heterocycles. The zero-order chi connectivity index (χ0) is 16.3. The number of hydrogen-bond acceptors (Lipinski definition) is 6. The molecular weight excluding hydrogens is 334 g/mol. The fraction of sp³-hybridized carbons (Fsp3) is 0.400. The Morgan fingerprint density at radius 3 is 2.61 bits per heavy atom. The smallest absolute Gasteiger partial charge is 0.231 e. The number of anilines is 1. The van der Waals surface area contributed by atoms with Crippen LogP contribution in [0.1, 0.15) is 4.88 Å². The minimum atomic E-state index is -3.33. The lowest BCUT2D eigenvalue weighted by Crippen LogP contribution is -2.35. The van der Waals surface area contributed by atoms with Gasteiger partial charge in [0, 0.05) is 30.1 Å². The summed E-state index contributed by atoms with van der Waals surface area (Å²) in [7, 11) is -3.33. The SMILES string of the molecule is CS(=O)(=O)Nc1nc(-c2ccccc2)c(CN2CCOCC2)s1. The molecule has 0 aliphatic carbocycles. The maximum absolute atomic E-state index is 11.5. The standard InChI is InChI=1S/C15H19N3O3S2/c1-23(19,20)17-15-16-14(12-5-3-2-4-6-12)13(22-15)11-18-7-9-21-10-8-18/h2-6H,7-11H2,1H3,(H,16,17). The van der Waals surface area contributed by atoms with Crippen LogP contribution in [0.5, 0.6) is 0 Å². The normalized spacial score (nSPS) is 16.4. The number of hydrogen-bond donors (Lipinski definition) is 1. The third-order valence-electron chi connectivity index (χ3n) is 3.49. The molecular formula is C15H19N3O3S2. The van der Waals surface area contributed by atoms with E-state index in [4.69, 9.17) is 4.74 Å². The minimum absolute atomic E-state index is 0.412. The second-order valence-corrected chi connectivity index (χ2v) is 8.25. The molecule has 0 radical (unpaired) electrons. The number of rotatable bonds is 5. The summed E-state index contributed by atoms with van der Waals surface area (Å²) in [6.07, 6.45) is 1.14. The Labute approximate surface area is 140 Å². The zero-order valence-electron chi connectivity index (χ0n) is 12.9. The van der Waals surface area contributed by atoms with Gasteiger partial charge in [-0.25, -0.2) is 13.4 Å². The Balaban J connectivity index is 1.91. The van der Waals surface area contributed by atoms with E-state index in [-0.39, 0.29) is 0 Å². The van der Waals surface area contributed by atoms with Crippen LogP contribution in [0, 0.1) is 0 Å². The van der Waals surface area contributed by atoms with Crippen LogP contribution in [0.25, 0.3) is 11.3 Å². The summed E-state index contributed by atoms with van der Waals surface area (Å²) in [5.74, 6) is 0. The lowest BCUT2D eigenvalue weighted by Gasteiger charge is -2.26. The highest BCUT2D eigenvalue weighted by atomic mass is 32.2. The van der Waals surface area contributed by atoms with Crippen LogP contribution in [-0.2, 0) is 21.3 Å². The van der Waals surface area contributed by atoms with Gasteiger partial charge in [-0.1, -0.05) is 41.7 Å². The Morgan fingerprint density at radius 2 is 1.96 bits per heavy atom. The van der Waals surface area contributed by atoms with Crippen LogP contribution in [0.4, 0.5) is 5.13 Å². The molecule has 1 fully saturated rings. The predicted octanol–water partition coefficient (Wildman–Crippen LogP) is 2.01. The van der Waals surface area contributed by atoms with Crippen LogP contribution in [0.2, 0.25) is 0 Å². The van der Waals surface area contributed by atoms with Crippen LogP contribution in [0.3, 0.4) is 0 Å². The number of sulfonamides is 1. The van der Waals surface area contributed by atoms with E-state index in [1.54, 1.807) is 0 Å². The molecule has 0 saturated carbocycles. The molecule has 0 unspecified atom stereocenters. The first-order chi connectivity index (χ1) is 11.0. The van der Waals surface area contributed by atoms with E-state index in [0.29, 0.717) is 5.13 Å². The van der Waals surface area contributed by atoms with Crippen molar-refractivity contribution in [3.8, 4) is 11.3 Å². The number of benzene rings is 1. The van der Waals surface area contributed by atoms with Crippen molar-refractivity contribution in [3.05, 3.63) is 35.2 Å². The van der Waals surface area contributed by atoms with E-state index in [9.17, 15) is 8.42 Å². The van der Waals surface area contributed by atoms with Crippen molar-refractivity contribution in [3.63, 3.8) is 0 Å². The fourth-order valence-electron chi connectivity index (χ4n) is 2.45. The molecule has 0 spiro atoms. The Hall–Kier alpha value is -1.48. The molecule has 0 amide bonds. The van der Waals surface area contributed by atoms with E-state index in [1.807, 2.05) is 30.3 Å². The van der Waals surface area contributed by atoms with Gasteiger partial charge in [-0.05, 0) is 0 Å². The summed E-state index contributed by atoms with van der Waals surface area (Å²) >= 11 is 1.39. The van der Waals surface area contributed by atoms with Gasteiger partial charge >= 0.3 is 0 Å². The third kappa shape index (κ3) is 4.51. The first-order valence-electron chi connectivity index (χ1n) is 7.34. The van der Waals surface area contributed by atoms with Gasteiger partial charge in [-0.15, -0.1) is 0 Å². The molecule has 8 heteroatoms. The molecule has 2 heterocycles. The first kappa shape index (κ1) is 16.4. The topological polar surface area (TPSA) is 71.5 Å². The molecule has 1 aromatic carbocycles. The molecule has 1 saturated heterocycles. The number of morpholine rings is 1. The monoisotopic (exact) mass is 353 g/mol. The molecule has 0 atom stereocenters.